The third-order valence-corrected chi connectivity index (χ3v) is 4.30. The van der Waals surface area contributed by atoms with Gasteiger partial charge in [-0.25, -0.2) is 17.8 Å². The van der Waals surface area contributed by atoms with Crippen LogP contribution in [0.2, 0.25) is 0 Å². The molecule has 18 heavy (non-hydrogen) atoms. The van der Waals surface area contributed by atoms with Gasteiger partial charge in [0.1, 0.15) is 0 Å². The van der Waals surface area contributed by atoms with Crippen LogP contribution in [-0.4, -0.2) is 41.8 Å². The number of hydrogen-bond donors (Lipinski definition) is 2. The second-order valence-corrected chi connectivity index (χ2v) is 5.43. The highest BCUT2D eigenvalue weighted by molar-refractivity contribution is 7.89. The van der Waals surface area contributed by atoms with E-state index in [0.29, 0.717) is 0 Å². The minimum atomic E-state index is -4.15. The molecule has 0 aromatic carbocycles. The van der Waals surface area contributed by atoms with Crippen molar-refractivity contribution in [1.29, 1.82) is 0 Å². The van der Waals surface area contributed by atoms with E-state index in [2.05, 4.69) is 10.1 Å². The highest BCUT2D eigenvalue weighted by Crippen LogP contribution is 2.17. The molecular weight excluding hydrogens is 263 g/mol. The first-order valence-corrected chi connectivity index (χ1v) is 6.32. The highest BCUT2D eigenvalue weighted by Gasteiger charge is 2.31. The molecule has 0 amide bonds. The second kappa shape index (κ2) is 5.27. The number of amidine groups is 1. The molecule has 0 aliphatic heterocycles. The molecule has 0 bridgehead atoms. The van der Waals surface area contributed by atoms with Crippen LogP contribution in [-0.2, 0) is 10.0 Å². The van der Waals surface area contributed by atoms with Crippen molar-refractivity contribution in [2.24, 2.45) is 10.9 Å². The Balaban J connectivity index is 3.20. The van der Waals surface area contributed by atoms with Crippen molar-refractivity contribution in [3.63, 3.8) is 0 Å². The lowest BCUT2D eigenvalue weighted by Gasteiger charge is -2.22. The Morgan fingerprint density at radius 1 is 1.67 bits per heavy atom. The predicted octanol–water partition coefficient (Wildman–Crippen LogP) is -0.0239. The minimum absolute atomic E-state index is 0.308. The fraction of sp³-hybridized carbons (Fsp3) is 0.333. The number of hydrogen-bond acceptors (Lipinski definition) is 5. The van der Waals surface area contributed by atoms with Gasteiger partial charge in [0.05, 0.1) is 6.04 Å². The molecule has 1 heterocycles. The van der Waals surface area contributed by atoms with Crippen LogP contribution in [0, 0.1) is 5.82 Å². The Morgan fingerprint density at radius 3 is 2.78 bits per heavy atom. The molecule has 1 aromatic heterocycles. The standard InChI is InChI=1S/C9H13FN4O3S/c1-6(8(11)13-15)14(2)18(16,17)9-7(10)4-3-5-12-9/h3-6,15H,1-2H3,(H2,11,13). The molecule has 0 saturated heterocycles. The molecule has 9 heteroatoms. The Kier molecular flexibility index (Phi) is 4.19. The monoisotopic (exact) mass is 276 g/mol. The number of pyridine rings is 1. The van der Waals surface area contributed by atoms with E-state index in [4.69, 9.17) is 10.9 Å². The Hall–Kier alpha value is -1.74. The number of nitrogens with two attached hydrogens (primary N) is 1. The number of halogens is 1. The average molecular weight is 276 g/mol. The van der Waals surface area contributed by atoms with Gasteiger partial charge in [-0.2, -0.15) is 4.31 Å². The Labute approximate surface area is 104 Å². The summed E-state index contributed by atoms with van der Waals surface area (Å²) >= 11 is 0. The maximum Gasteiger partial charge on any atom is 0.263 e. The summed E-state index contributed by atoms with van der Waals surface area (Å²) in [6.45, 7) is 1.40. The first-order chi connectivity index (χ1) is 8.32. The number of oxime groups is 1. The molecule has 1 aromatic rings. The zero-order valence-corrected chi connectivity index (χ0v) is 10.6. The van der Waals surface area contributed by atoms with E-state index in [1.165, 1.54) is 20.0 Å². The Morgan fingerprint density at radius 2 is 2.28 bits per heavy atom. The average Bonchev–Trinajstić information content (AvgIpc) is 2.36. The zero-order chi connectivity index (χ0) is 13.9. The van der Waals surface area contributed by atoms with Gasteiger partial charge in [-0.15, -0.1) is 0 Å². The summed E-state index contributed by atoms with van der Waals surface area (Å²) in [5, 5.41) is 10.5. The van der Waals surface area contributed by atoms with Crippen LogP contribution >= 0.6 is 0 Å². The van der Waals surface area contributed by atoms with E-state index in [9.17, 15) is 12.8 Å². The fourth-order valence-corrected chi connectivity index (χ4v) is 2.48. The normalized spacial score (nSPS) is 14.8. The lowest BCUT2D eigenvalue weighted by atomic mass is 10.3. The number of nitrogens with zero attached hydrogens (tertiary/aromatic N) is 3. The van der Waals surface area contributed by atoms with E-state index < -0.39 is 26.9 Å². The molecule has 1 rings (SSSR count). The SMILES string of the molecule is CC(/C(N)=N/O)N(C)S(=O)(=O)c1ncccc1F. The summed E-state index contributed by atoms with van der Waals surface area (Å²) in [4.78, 5) is 3.49. The number of sulfonamides is 1. The van der Waals surface area contributed by atoms with Crippen molar-refractivity contribution in [2.75, 3.05) is 7.05 Å². The molecule has 1 unspecified atom stereocenters. The van der Waals surface area contributed by atoms with Crippen LogP contribution in [0.3, 0.4) is 0 Å². The minimum Gasteiger partial charge on any atom is -0.409 e. The van der Waals surface area contributed by atoms with Crippen LogP contribution < -0.4 is 5.73 Å². The van der Waals surface area contributed by atoms with Gasteiger partial charge < -0.3 is 10.9 Å². The Bertz CT molecular complexity index is 561. The second-order valence-electron chi connectivity index (χ2n) is 3.51. The quantitative estimate of drug-likeness (QED) is 0.347. The summed E-state index contributed by atoms with van der Waals surface area (Å²) in [5.41, 5.74) is 5.31. The highest BCUT2D eigenvalue weighted by atomic mass is 32.2. The number of rotatable bonds is 4. The van der Waals surface area contributed by atoms with Gasteiger partial charge in [-0.05, 0) is 19.1 Å². The van der Waals surface area contributed by atoms with Crippen LogP contribution in [0.1, 0.15) is 6.92 Å². The van der Waals surface area contributed by atoms with Crippen molar-refractivity contribution >= 4 is 15.9 Å². The van der Waals surface area contributed by atoms with Gasteiger partial charge >= 0.3 is 0 Å². The summed E-state index contributed by atoms with van der Waals surface area (Å²) in [6, 6.07) is 1.34. The summed E-state index contributed by atoms with van der Waals surface area (Å²) < 4.78 is 38.3. The molecule has 0 saturated carbocycles. The molecular formula is C9H13FN4O3S. The van der Waals surface area contributed by atoms with Crippen molar-refractivity contribution < 1.29 is 18.0 Å². The lowest BCUT2D eigenvalue weighted by Crippen LogP contribution is -2.44. The van der Waals surface area contributed by atoms with Crippen LogP contribution in [0.4, 0.5) is 4.39 Å². The molecule has 0 spiro atoms. The van der Waals surface area contributed by atoms with E-state index in [0.717, 1.165) is 16.6 Å². The van der Waals surface area contributed by atoms with Gasteiger partial charge in [0.25, 0.3) is 10.0 Å². The molecule has 0 aliphatic rings. The molecule has 0 fully saturated rings. The summed E-state index contributed by atoms with van der Waals surface area (Å²) in [6.07, 6.45) is 1.16. The van der Waals surface area contributed by atoms with Crippen LogP contribution in [0.5, 0.6) is 0 Å². The predicted molar refractivity (Wildman–Crippen MR) is 62.0 cm³/mol. The van der Waals surface area contributed by atoms with Gasteiger partial charge in [0.2, 0.25) is 5.03 Å². The zero-order valence-electron chi connectivity index (χ0n) is 9.78. The van der Waals surface area contributed by atoms with Gasteiger partial charge in [0.15, 0.2) is 11.7 Å². The van der Waals surface area contributed by atoms with Gasteiger partial charge in [-0.3, -0.25) is 0 Å². The molecule has 7 nitrogen and oxygen atoms in total. The van der Waals surface area contributed by atoms with Crippen molar-refractivity contribution in [1.82, 2.24) is 9.29 Å². The van der Waals surface area contributed by atoms with E-state index in [-0.39, 0.29) is 5.84 Å². The van der Waals surface area contributed by atoms with E-state index in [1.807, 2.05) is 0 Å². The van der Waals surface area contributed by atoms with Crippen molar-refractivity contribution in [3.8, 4) is 0 Å². The molecule has 3 N–H and O–H groups in total. The van der Waals surface area contributed by atoms with E-state index in [1.54, 1.807) is 0 Å². The lowest BCUT2D eigenvalue weighted by molar-refractivity contribution is 0.311. The smallest absolute Gasteiger partial charge is 0.263 e. The largest absolute Gasteiger partial charge is 0.409 e. The maximum atomic E-state index is 13.4. The third kappa shape index (κ3) is 2.57. The van der Waals surface area contributed by atoms with Gasteiger partial charge in [-0.1, -0.05) is 5.16 Å². The third-order valence-electron chi connectivity index (χ3n) is 2.44. The first kappa shape index (κ1) is 14.3. The van der Waals surface area contributed by atoms with Crippen LogP contribution in [0.25, 0.3) is 0 Å². The number of aromatic nitrogens is 1. The number of likely N-dealkylation sites (N-methyl/N-ethyl adjacent to an activating group) is 1. The van der Waals surface area contributed by atoms with Crippen molar-refractivity contribution in [2.45, 2.75) is 18.0 Å². The maximum absolute atomic E-state index is 13.4. The van der Waals surface area contributed by atoms with E-state index >= 15 is 0 Å². The topological polar surface area (TPSA) is 109 Å². The van der Waals surface area contributed by atoms with Crippen molar-refractivity contribution in [3.05, 3.63) is 24.1 Å². The summed E-state index contributed by atoms with van der Waals surface area (Å²) in [7, 11) is -2.96. The molecule has 1 atom stereocenters. The fourth-order valence-electron chi connectivity index (χ4n) is 1.18. The summed E-state index contributed by atoms with van der Waals surface area (Å²) in [5.74, 6) is -1.27. The van der Waals surface area contributed by atoms with Crippen LogP contribution in [0.15, 0.2) is 28.5 Å². The molecule has 0 radical (unpaired) electrons. The molecule has 0 aliphatic carbocycles. The first-order valence-electron chi connectivity index (χ1n) is 4.88. The van der Waals surface area contributed by atoms with Gasteiger partial charge in [0, 0.05) is 13.2 Å². The molecule has 100 valence electrons.